The molecule has 4 aromatic rings. The van der Waals surface area contributed by atoms with Crippen LogP contribution < -0.4 is 10.5 Å². The highest BCUT2D eigenvalue weighted by Gasteiger charge is 2.07. The predicted molar refractivity (Wildman–Crippen MR) is 88.7 cm³/mol. The number of fused-ring (bicyclic) bond motifs is 2. The Labute approximate surface area is 127 Å². The monoisotopic (exact) mass is 289 g/mol. The molecule has 1 heterocycles. The van der Waals surface area contributed by atoms with Gasteiger partial charge in [0.05, 0.1) is 11.0 Å². The quantitative estimate of drug-likeness (QED) is 0.624. The highest BCUT2D eigenvalue weighted by molar-refractivity contribution is 5.83. The van der Waals surface area contributed by atoms with Gasteiger partial charge in [0, 0.05) is 0 Å². The maximum absolute atomic E-state index is 5.98. The molecule has 2 N–H and O–H groups in total. The van der Waals surface area contributed by atoms with Crippen LogP contribution in [0.15, 0.2) is 66.7 Å². The lowest BCUT2D eigenvalue weighted by Crippen LogP contribution is -2.08. The van der Waals surface area contributed by atoms with E-state index in [-0.39, 0.29) is 0 Å². The minimum absolute atomic E-state index is 0.338. The number of anilines is 1. The van der Waals surface area contributed by atoms with Gasteiger partial charge in [-0.2, -0.15) is 0 Å². The molecule has 0 fully saturated rings. The van der Waals surface area contributed by atoms with Crippen LogP contribution in [0, 0.1) is 0 Å². The molecule has 0 spiro atoms. The van der Waals surface area contributed by atoms with E-state index in [4.69, 9.17) is 10.5 Å². The molecule has 0 radical (unpaired) electrons. The number of hydrogen-bond donors (Lipinski definition) is 1. The Bertz CT molecular complexity index is 959. The first-order valence-corrected chi connectivity index (χ1v) is 7.13. The van der Waals surface area contributed by atoms with Gasteiger partial charge in [0.1, 0.15) is 5.75 Å². The van der Waals surface area contributed by atoms with Gasteiger partial charge in [-0.05, 0) is 35.0 Å². The zero-order chi connectivity index (χ0) is 14.9. The van der Waals surface area contributed by atoms with Crippen LogP contribution in [0.2, 0.25) is 0 Å². The van der Waals surface area contributed by atoms with Crippen LogP contribution in [-0.2, 0) is 6.73 Å². The molecule has 22 heavy (non-hydrogen) atoms. The van der Waals surface area contributed by atoms with Gasteiger partial charge >= 0.3 is 0 Å². The van der Waals surface area contributed by atoms with Crippen molar-refractivity contribution in [1.82, 2.24) is 9.55 Å². The molecular weight excluding hydrogens is 274 g/mol. The highest BCUT2D eigenvalue weighted by atomic mass is 16.5. The lowest BCUT2D eigenvalue weighted by atomic mass is 10.1. The number of hydrogen-bond acceptors (Lipinski definition) is 3. The molecule has 0 atom stereocenters. The van der Waals surface area contributed by atoms with E-state index in [2.05, 4.69) is 23.2 Å². The molecule has 0 aliphatic carbocycles. The zero-order valence-electron chi connectivity index (χ0n) is 11.9. The molecule has 4 nitrogen and oxygen atoms in total. The first-order valence-electron chi connectivity index (χ1n) is 7.13. The van der Waals surface area contributed by atoms with Crippen molar-refractivity contribution in [2.75, 3.05) is 5.73 Å². The van der Waals surface area contributed by atoms with Crippen LogP contribution in [0.5, 0.6) is 5.75 Å². The third-order valence-corrected chi connectivity index (χ3v) is 3.77. The SMILES string of the molecule is Nc1nc2ccccc2n1COc1ccc2ccccc2c1. The average Bonchev–Trinajstić information content (AvgIpc) is 2.88. The number of nitrogens with zero attached hydrogens (tertiary/aromatic N) is 2. The van der Waals surface area contributed by atoms with Gasteiger partial charge in [-0.15, -0.1) is 0 Å². The summed E-state index contributed by atoms with van der Waals surface area (Å²) in [6.45, 7) is 0.338. The minimum Gasteiger partial charge on any atom is -0.473 e. The van der Waals surface area contributed by atoms with Gasteiger partial charge in [0.15, 0.2) is 6.73 Å². The Hall–Kier alpha value is -3.01. The Morgan fingerprint density at radius 1 is 0.909 bits per heavy atom. The molecule has 0 aliphatic heterocycles. The number of aromatic nitrogens is 2. The number of nitrogen functional groups attached to an aromatic ring is 1. The number of rotatable bonds is 3. The fourth-order valence-corrected chi connectivity index (χ4v) is 2.63. The van der Waals surface area contributed by atoms with E-state index >= 15 is 0 Å². The Morgan fingerprint density at radius 2 is 1.68 bits per heavy atom. The standard InChI is InChI=1S/C18H15N3O/c19-18-20-16-7-3-4-8-17(16)21(18)12-22-15-10-9-13-5-1-2-6-14(13)11-15/h1-11H,12H2,(H2,19,20). The number of nitrogens with two attached hydrogens (primary N) is 1. The number of para-hydroxylation sites is 2. The van der Waals surface area contributed by atoms with Crippen LogP contribution in [0.4, 0.5) is 5.95 Å². The Kier molecular flexibility index (Phi) is 2.93. The molecule has 108 valence electrons. The fraction of sp³-hybridized carbons (Fsp3) is 0.0556. The van der Waals surface area contributed by atoms with E-state index in [0.717, 1.165) is 22.2 Å². The van der Waals surface area contributed by atoms with Gasteiger partial charge in [-0.1, -0.05) is 42.5 Å². The molecule has 0 saturated heterocycles. The van der Waals surface area contributed by atoms with E-state index in [9.17, 15) is 0 Å². The van der Waals surface area contributed by atoms with Crippen LogP contribution in [0.3, 0.4) is 0 Å². The molecule has 4 heteroatoms. The zero-order valence-corrected chi connectivity index (χ0v) is 11.9. The Morgan fingerprint density at radius 3 is 2.59 bits per heavy atom. The van der Waals surface area contributed by atoms with Crippen molar-refractivity contribution in [3.8, 4) is 5.75 Å². The van der Waals surface area contributed by atoms with E-state index in [1.807, 2.05) is 53.1 Å². The first-order chi connectivity index (χ1) is 10.8. The van der Waals surface area contributed by atoms with Gasteiger partial charge in [0.2, 0.25) is 5.95 Å². The maximum atomic E-state index is 5.98. The fourth-order valence-electron chi connectivity index (χ4n) is 2.63. The van der Waals surface area contributed by atoms with Gasteiger partial charge in [-0.3, -0.25) is 4.57 Å². The third-order valence-electron chi connectivity index (χ3n) is 3.77. The molecule has 3 aromatic carbocycles. The number of ether oxygens (including phenoxy) is 1. The molecule has 1 aromatic heterocycles. The van der Waals surface area contributed by atoms with Crippen LogP contribution in [0.1, 0.15) is 0 Å². The van der Waals surface area contributed by atoms with Crippen molar-refractivity contribution in [2.45, 2.75) is 6.73 Å². The summed E-state index contributed by atoms with van der Waals surface area (Å²) in [7, 11) is 0. The van der Waals surface area contributed by atoms with E-state index in [1.54, 1.807) is 0 Å². The van der Waals surface area contributed by atoms with Crippen LogP contribution in [-0.4, -0.2) is 9.55 Å². The molecule has 0 saturated carbocycles. The summed E-state index contributed by atoms with van der Waals surface area (Å²) in [4.78, 5) is 4.34. The largest absolute Gasteiger partial charge is 0.473 e. The van der Waals surface area contributed by atoms with E-state index < -0.39 is 0 Å². The lowest BCUT2D eigenvalue weighted by molar-refractivity contribution is 0.243. The van der Waals surface area contributed by atoms with Gasteiger partial charge < -0.3 is 10.5 Å². The van der Waals surface area contributed by atoms with Crippen molar-refractivity contribution >= 4 is 27.8 Å². The van der Waals surface area contributed by atoms with Crippen LogP contribution in [0.25, 0.3) is 21.8 Å². The molecule has 0 unspecified atom stereocenters. The summed E-state index contributed by atoms with van der Waals surface area (Å²) in [5.74, 6) is 1.28. The molecule has 0 amide bonds. The van der Waals surface area contributed by atoms with Crippen molar-refractivity contribution in [2.24, 2.45) is 0 Å². The summed E-state index contributed by atoms with van der Waals surface area (Å²) in [6, 6.07) is 22.1. The smallest absolute Gasteiger partial charge is 0.203 e. The van der Waals surface area contributed by atoms with Crippen molar-refractivity contribution < 1.29 is 4.74 Å². The van der Waals surface area contributed by atoms with E-state index in [1.165, 1.54) is 5.39 Å². The van der Waals surface area contributed by atoms with Crippen molar-refractivity contribution in [3.63, 3.8) is 0 Å². The van der Waals surface area contributed by atoms with Gasteiger partial charge in [0.25, 0.3) is 0 Å². The molecule has 0 bridgehead atoms. The Balaban J connectivity index is 1.64. The molecule has 0 aliphatic rings. The van der Waals surface area contributed by atoms with E-state index in [0.29, 0.717) is 12.7 Å². The second-order valence-corrected chi connectivity index (χ2v) is 5.17. The highest BCUT2D eigenvalue weighted by Crippen LogP contribution is 2.22. The number of benzene rings is 3. The van der Waals surface area contributed by atoms with Gasteiger partial charge in [-0.25, -0.2) is 4.98 Å². The number of imidazole rings is 1. The normalized spacial score (nSPS) is 11.1. The minimum atomic E-state index is 0.338. The summed E-state index contributed by atoms with van der Waals surface area (Å²) < 4.78 is 7.76. The van der Waals surface area contributed by atoms with Crippen molar-refractivity contribution in [3.05, 3.63) is 66.7 Å². The molecule has 4 rings (SSSR count). The second-order valence-electron chi connectivity index (χ2n) is 5.17. The second kappa shape index (κ2) is 5.07. The topological polar surface area (TPSA) is 53.1 Å². The summed E-state index contributed by atoms with van der Waals surface area (Å²) >= 11 is 0. The van der Waals surface area contributed by atoms with Crippen LogP contribution >= 0.6 is 0 Å². The summed E-state index contributed by atoms with van der Waals surface area (Å²) in [5, 5.41) is 2.35. The maximum Gasteiger partial charge on any atom is 0.203 e. The third kappa shape index (κ3) is 2.15. The summed E-state index contributed by atoms with van der Waals surface area (Å²) in [5.41, 5.74) is 7.83. The van der Waals surface area contributed by atoms with Crippen molar-refractivity contribution in [1.29, 1.82) is 0 Å². The average molecular weight is 289 g/mol. The molecular formula is C18H15N3O. The summed E-state index contributed by atoms with van der Waals surface area (Å²) in [6.07, 6.45) is 0. The lowest BCUT2D eigenvalue weighted by Gasteiger charge is -2.10. The first kappa shape index (κ1) is 12.7. The predicted octanol–water partition coefficient (Wildman–Crippen LogP) is 3.81.